The highest BCUT2D eigenvalue weighted by Crippen LogP contribution is 2.54. The molecule has 0 spiro atoms. The molecule has 4 heteroatoms. The van der Waals surface area contributed by atoms with E-state index in [1.54, 1.807) is 0 Å². The topological polar surface area (TPSA) is 33.6 Å². The van der Waals surface area contributed by atoms with Crippen LogP contribution in [0.3, 0.4) is 0 Å². The monoisotopic (exact) mass is 307 g/mol. The van der Waals surface area contributed by atoms with E-state index in [9.17, 15) is 0 Å². The number of para-hydroxylation sites is 1. The van der Waals surface area contributed by atoms with E-state index in [0.717, 1.165) is 17.9 Å². The lowest BCUT2D eigenvalue weighted by molar-refractivity contribution is 0.843. The van der Waals surface area contributed by atoms with Crippen molar-refractivity contribution >= 4 is 12.2 Å². The normalized spacial score (nSPS) is 20.0. The van der Waals surface area contributed by atoms with Gasteiger partial charge in [-0.05, 0) is 48.7 Å². The summed E-state index contributed by atoms with van der Waals surface area (Å²) in [7, 11) is 0. The van der Waals surface area contributed by atoms with Gasteiger partial charge in [-0.1, -0.05) is 48.5 Å². The lowest BCUT2D eigenvalue weighted by atomic mass is 10.1. The summed E-state index contributed by atoms with van der Waals surface area (Å²) >= 11 is 5.46. The van der Waals surface area contributed by atoms with Crippen molar-refractivity contribution in [2.75, 3.05) is 0 Å². The number of rotatable bonds is 3. The van der Waals surface area contributed by atoms with E-state index >= 15 is 0 Å². The molecular weight excluding hydrogens is 290 g/mol. The maximum absolute atomic E-state index is 5.46. The summed E-state index contributed by atoms with van der Waals surface area (Å²) in [5, 5.41) is 7.49. The van der Waals surface area contributed by atoms with Gasteiger partial charge in [0.1, 0.15) is 5.82 Å². The van der Waals surface area contributed by atoms with Crippen LogP contribution in [-0.2, 0) is 0 Å². The van der Waals surface area contributed by atoms with Crippen molar-refractivity contribution in [2.24, 2.45) is 0 Å². The predicted molar refractivity (Wildman–Crippen MR) is 90.0 cm³/mol. The minimum atomic E-state index is 0.440. The smallest absolute Gasteiger partial charge is 0.199 e. The highest BCUT2D eigenvalue weighted by molar-refractivity contribution is 7.71. The van der Waals surface area contributed by atoms with Crippen molar-refractivity contribution in [2.45, 2.75) is 25.2 Å². The molecule has 1 aliphatic carbocycles. The van der Waals surface area contributed by atoms with Gasteiger partial charge in [0.05, 0.1) is 5.69 Å². The Morgan fingerprint density at radius 1 is 1.05 bits per heavy atom. The van der Waals surface area contributed by atoms with Gasteiger partial charge in [-0.2, -0.15) is 5.10 Å². The Hall–Kier alpha value is -2.20. The number of aromatic nitrogens is 3. The largest absolute Gasteiger partial charge is 0.272 e. The third kappa shape index (κ3) is 2.20. The standard InChI is InChI=1S/C18H17N3S/c1-12-7-5-6-10-16(12)21-17(19-20-18(21)22)15-11-14(15)13-8-3-2-4-9-13/h2-10,14-15H,11H2,1H3,(H,20,22)/t14-,15+/m0/s1. The lowest BCUT2D eigenvalue weighted by Crippen LogP contribution is -2.02. The van der Waals surface area contributed by atoms with Crippen LogP contribution in [0.25, 0.3) is 5.69 Å². The first kappa shape index (κ1) is 13.5. The minimum Gasteiger partial charge on any atom is -0.272 e. The van der Waals surface area contributed by atoms with Gasteiger partial charge in [-0.3, -0.25) is 9.67 Å². The lowest BCUT2D eigenvalue weighted by Gasteiger charge is -2.09. The fourth-order valence-electron chi connectivity index (χ4n) is 3.15. The van der Waals surface area contributed by atoms with Gasteiger partial charge >= 0.3 is 0 Å². The molecule has 1 N–H and O–H groups in total. The third-order valence-electron chi connectivity index (χ3n) is 4.40. The highest BCUT2D eigenvalue weighted by Gasteiger charge is 2.43. The van der Waals surface area contributed by atoms with E-state index in [1.165, 1.54) is 11.1 Å². The van der Waals surface area contributed by atoms with Crippen molar-refractivity contribution in [3.63, 3.8) is 0 Å². The zero-order chi connectivity index (χ0) is 15.1. The summed E-state index contributed by atoms with van der Waals surface area (Å²) in [4.78, 5) is 0. The van der Waals surface area contributed by atoms with Crippen molar-refractivity contribution in [3.05, 3.63) is 76.3 Å². The number of nitrogens with zero attached hydrogens (tertiary/aromatic N) is 2. The predicted octanol–water partition coefficient (Wildman–Crippen LogP) is 4.51. The summed E-state index contributed by atoms with van der Waals surface area (Å²) < 4.78 is 2.76. The molecular formula is C18H17N3S. The molecule has 22 heavy (non-hydrogen) atoms. The molecule has 3 nitrogen and oxygen atoms in total. The second-order valence-corrected chi connectivity index (χ2v) is 6.25. The molecule has 2 aromatic carbocycles. The van der Waals surface area contributed by atoms with Crippen LogP contribution >= 0.6 is 12.2 Å². The van der Waals surface area contributed by atoms with Gasteiger partial charge in [-0.25, -0.2) is 0 Å². The number of aromatic amines is 1. The van der Waals surface area contributed by atoms with E-state index in [2.05, 4.69) is 64.2 Å². The third-order valence-corrected chi connectivity index (χ3v) is 4.68. The van der Waals surface area contributed by atoms with Crippen LogP contribution in [-0.4, -0.2) is 14.8 Å². The Kier molecular flexibility index (Phi) is 3.19. The summed E-state index contributed by atoms with van der Waals surface area (Å²) in [6.07, 6.45) is 1.13. The number of benzene rings is 2. The SMILES string of the molecule is Cc1ccccc1-n1c([C@@H]2C[C@H]2c2ccccc2)n[nH]c1=S. The van der Waals surface area contributed by atoms with Crippen LogP contribution in [0.4, 0.5) is 0 Å². The zero-order valence-electron chi connectivity index (χ0n) is 12.4. The Balaban J connectivity index is 1.74. The molecule has 1 aromatic heterocycles. The van der Waals surface area contributed by atoms with Crippen molar-refractivity contribution in [1.82, 2.24) is 14.8 Å². The quantitative estimate of drug-likeness (QED) is 0.722. The van der Waals surface area contributed by atoms with Gasteiger partial charge < -0.3 is 0 Å². The molecule has 0 saturated heterocycles. The second-order valence-electron chi connectivity index (χ2n) is 5.87. The Morgan fingerprint density at radius 2 is 1.77 bits per heavy atom. The average Bonchev–Trinajstić information content (AvgIpc) is 3.25. The van der Waals surface area contributed by atoms with E-state index in [4.69, 9.17) is 12.2 Å². The van der Waals surface area contributed by atoms with Crippen LogP contribution in [0.15, 0.2) is 54.6 Å². The molecule has 0 unspecified atom stereocenters. The van der Waals surface area contributed by atoms with Crippen LogP contribution in [0.1, 0.15) is 35.2 Å². The molecule has 0 radical (unpaired) electrons. The summed E-state index contributed by atoms with van der Waals surface area (Å²) in [5.41, 5.74) is 3.71. The van der Waals surface area contributed by atoms with Gasteiger partial charge in [0.2, 0.25) is 0 Å². The number of H-pyrrole nitrogens is 1. The van der Waals surface area contributed by atoms with Gasteiger partial charge in [0, 0.05) is 5.92 Å². The Bertz CT molecular complexity index is 863. The molecule has 0 bridgehead atoms. The fourth-order valence-corrected chi connectivity index (χ4v) is 3.39. The molecule has 1 fully saturated rings. The number of hydrogen-bond acceptors (Lipinski definition) is 2. The number of nitrogens with one attached hydrogen (secondary N) is 1. The summed E-state index contributed by atoms with van der Waals surface area (Å²) in [6.45, 7) is 2.11. The van der Waals surface area contributed by atoms with E-state index in [1.807, 2.05) is 12.1 Å². The molecule has 3 aromatic rings. The highest BCUT2D eigenvalue weighted by atomic mass is 32.1. The molecule has 0 aliphatic heterocycles. The van der Waals surface area contributed by atoms with Crippen molar-refractivity contribution in [3.8, 4) is 5.69 Å². The number of hydrogen-bond donors (Lipinski definition) is 1. The van der Waals surface area contributed by atoms with Crippen molar-refractivity contribution < 1.29 is 0 Å². The summed E-state index contributed by atoms with van der Waals surface area (Å²) in [5.74, 6) is 2.04. The first-order chi connectivity index (χ1) is 10.8. The van der Waals surface area contributed by atoms with E-state index < -0.39 is 0 Å². The second kappa shape index (κ2) is 5.21. The molecule has 1 aliphatic rings. The Labute approximate surface area is 134 Å². The minimum absolute atomic E-state index is 0.440. The van der Waals surface area contributed by atoms with Gasteiger partial charge in [-0.15, -0.1) is 0 Å². The van der Waals surface area contributed by atoms with E-state index in [-0.39, 0.29) is 0 Å². The molecule has 110 valence electrons. The zero-order valence-corrected chi connectivity index (χ0v) is 13.2. The Morgan fingerprint density at radius 3 is 2.55 bits per heavy atom. The van der Waals surface area contributed by atoms with Crippen molar-refractivity contribution in [1.29, 1.82) is 0 Å². The maximum atomic E-state index is 5.46. The van der Waals surface area contributed by atoms with Crippen LogP contribution in [0.5, 0.6) is 0 Å². The molecule has 2 atom stereocenters. The molecule has 4 rings (SSSR count). The molecule has 1 heterocycles. The molecule has 1 saturated carbocycles. The van der Waals surface area contributed by atoms with Crippen LogP contribution in [0, 0.1) is 11.7 Å². The van der Waals surface area contributed by atoms with Crippen LogP contribution in [0.2, 0.25) is 0 Å². The van der Waals surface area contributed by atoms with E-state index in [0.29, 0.717) is 16.6 Å². The first-order valence-corrected chi connectivity index (χ1v) is 7.95. The van der Waals surface area contributed by atoms with Crippen LogP contribution < -0.4 is 0 Å². The van der Waals surface area contributed by atoms with Gasteiger partial charge in [0.15, 0.2) is 4.77 Å². The summed E-state index contributed by atoms with van der Waals surface area (Å²) in [6, 6.07) is 19.0. The maximum Gasteiger partial charge on any atom is 0.199 e. The number of aryl methyl sites for hydroxylation is 1. The molecule has 0 amide bonds. The van der Waals surface area contributed by atoms with Gasteiger partial charge in [0.25, 0.3) is 0 Å². The fraction of sp³-hybridized carbons (Fsp3) is 0.222. The average molecular weight is 307 g/mol. The first-order valence-electron chi connectivity index (χ1n) is 7.54.